The van der Waals surface area contributed by atoms with E-state index in [4.69, 9.17) is 11.6 Å². The minimum atomic E-state index is 0.165. The Bertz CT molecular complexity index is 366. The third-order valence-corrected chi connectivity index (χ3v) is 3.42. The molecule has 1 saturated carbocycles. The molecule has 0 bridgehead atoms. The van der Waals surface area contributed by atoms with E-state index in [1.807, 2.05) is 18.2 Å². The number of hydrogen-bond donors (Lipinski definition) is 1. The maximum Gasteiger partial charge on any atom is 0.220 e. The van der Waals surface area contributed by atoms with Crippen molar-refractivity contribution in [3.63, 3.8) is 0 Å². The van der Waals surface area contributed by atoms with Crippen LogP contribution in [-0.2, 0) is 4.79 Å². The van der Waals surface area contributed by atoms with Gasteiger partial charge < -0.3 is 5.32 Å². The second kappa shape index (κ2) is 6.06. The zero-order valence-corrected chi connectivity index (χ0v) is 10.6. The molecule has 92 valence electrons. The largest absolute Gasteiger partial charge is 0.353 e. The van der Waals surface area contributed by atoms with Crippen molar-refractivity contribution < 1.29 is 4.79 Å². The molecule has 0 aromatic heterocycles. The quantitative estimate of drug-likeness (QED) is 0.611. The standard InChI is InChI=1S/C14H18ClNO/c15-9-5-4-8-14(17)16-13-10-12(13)11-6-2-1-3-7-11/h1-3,6-7,12-13H,4-5,8-10H2,(H,16,17). The third-order valence-electron chi connectivity index (χ3n) is 3.15. The maximum absolute atomic E-state index is 11.6. The molecule has 2 nitrogen and oxygen atoms in total. The highest BCUT2D eigenvalue weighted by Gasteiger charge is 2.38. The number of hydrogen-bond acceptors (Lipinski definition) is 1. The summed E-state index contributed by atoms with van der Waals surface area (Å²) in [6.07, 6.45) is 3.48. The first kappa shape index (κ1) is 12.4. The average Bonchev–Trinajstić information content (AvgIpc) is 3.10. The van der Waals surface area contributed by atoms with Gasteiger partial charge in [0.1, 0.15) is 0 Å². The summed E-state index contributed by atoms with van der Waals surface area (Å²) < 4.78 is 0. The Labute approximate surface area is 107 Å². The number of halogens is 1. The molecular formula is C14H18ClNO. The highest BCUT2D eigenvalue weighted by molar-refractivity contribution is 6.17. The SMILES string of the molecule is O=C(CCCCCl)NC1CC1c1ccccc1. The van der Waals surface area contributed by atoms with Crippen LogP contribution in [0, 0.1) is 0 Å². The summed E-state index contributed by atoms with van der Waals surface area (Å²) in [5, 5.41) is 3.08. The van der Waals surface area contributed by atoms with Crippen molar-refractivity contribution >= 4 is 17.5 Å². The van der Waals surface area contributed by atoms with Gasteiger partial charge in [-0.2, -0.15) is 0 Å². The lowest BCUT2D eigenvalue weighted by atomic mass is 10.1. The number of rotatable bonds is 6. The molecule has 0 aliphatic heterocycles. The van der Waals surface area contributed by atoms with Gasteiger partial charge in [-0.3, -0.25) is 4.79 Å². The van der Waals surface area contributed by atoms with Crippen molar-refractivity contribution in [2.45, 2.75) is 37.6 Å². The van der Waals surface area contributed by atoms with E-state index in [2.05, 4.69) is 17.4 Å². The van der Waals surface area contributed by atoms with E-state index in [1.54, 1.807) is 0 Å². The van der Waals surface area contributed by atoms with Crippen LogP contribution in [0.3, 0.4) is 0 Å². The molecule has 1 aliphatic rings. The van der Waals surface area contributed by atoms with Crippen molar-refractivity contribution in [3.8, 4) is 0 Å². The van der Waals surface area contributed by atoms with Gasteiger partial charge in [0.15, 0.2) is 0 Å². The van der Waals surface area contributed by atoms with Gasteiger partial charge in [-0.25, -0.2) is 0 Å². The Kier molecular flexibility index (Phi) is 4.43. The molecule has 1 fully saturated rings. The first-order chi connectivity index (χ1) is 8.31. The van der Waals surface area contributed by atoms with Crippen LogP contribution in [0.4, 0.5) is 0 Å². The second-order valence-electron chi connectivity index (χ2n) is 4.57. The minimum Gasteiger partial charge on any atom is -0.353 e. The molecule has 1 aromatic carbocycles. The third kappa shape index (κ3) is 3.74. The van der Waals surface area contributed by atoms with Gasteiger partial charge in [0.2, 0.25) is 5.91 Å². The van der Waals surface area contributed by atoms with Gasteiger partial charge in [-0.1, -0.05) is 30.3 Å². The number of carbonyl (C=O) groups excluding carboxylic acids is 1. The fourth-order valence-electron chi connectivity index (χ4n) is 2.08. The number of unbranched alkanes of at least 4 members (excludes halogenated alkanes) is 1. The van der Waals surface area contributed by atoms with Crippen LogP contribution < -0.4 is 5.32 Å². The van der Waals surface area contributed by atoms with E-state index >= 15 is 0 Å². The Balaban J connectivity index is 1.71. The number of alkyl halides is 1. The van der Waals surface area contributed by atoms with Crippen LogP contribution in [0.5, 0.6) is 0 Å². The van der Waals surface area contributed by atoms with Crippen LogP contribution in [0.15, 0.2) is 30.3 Å². The highest BCUT2D eigenvalue weighted by atomic mass is 35.5. The summed E-state index contributed by atoms with van der Waals surface area (Å²) in [6.45, 7) is 0. The normalized spacial score (nSPS) is 22.2. The van der Waals surface area contributed by atoms with E-state index in [0.29, 0.717) is 24.3 Å². The summed E-state index contributed by atoms with van der Waals surface area (Å²) >= 11 is 5.57. The summed E-state index contributed by atoms with van der Waals surface area (Å²) in [4.78, 5) is 11.6. The summed E-state index contributed by atoms with van der Waals surface area (Å²) in [6, 6.07) is 10.7. The van der Waals surface area contributed by atoms with Gasteiger partial charge in [0.05, 0.1) is 0 Å². The first-order valence-corrected chi connectivity index (χ1v) is 6.75. The van der Waals surface area contributed by atoms with E-state index in [1.165, 1.54) is 5.56 Å². The maximum atomic E-state index is 11.6. The number of amides is 1. The van der Waals surface area contributed by atoms with Crippen LogP contribution in [0.2, 0.25) is 0 Å². The molecule has 1 aliphatic carbocycles. The van der Waals surface area contributed by atoms with Gasteiger partial charge in [0.25, 0.3) is 0 Å². The molecule has 1 aromatic rings. The number of nitrogens with one attached hydrogen (secondary N) is 1. The van der Waals surface area contributed by atoms with Crippen molar-refractivity contribution in [2.75, 3.05) is 5.88 Å². The monoisotopic (exact) mass is 251 g/mol. The van der Waals surface area contributed by atoms with Crippen LogP contribution in [0.25, 0.3) is 0 Å². The molecule has 2 unspecified atom stereocenters. The lowest BCUT2D eigenvalue weighted by molar-refractivity contribution is -0.121. The molecule has 17 heavy (non-hydrogen) atoms. The molecule has 0 saturated heterocycles. The fourth-order valence-corrected chi connectivity index (χ4v) is 2.27. The lowest BCUT2D eigenvalue weighted by Crippen LogP contribution is -2.26. The van der Waals surface area contributed by atoms with Crippen molar-refractivity contribution in [3.05, 3.63) is 35.9 Å². The second-order valence-corrected chi connectivity index (χ2v) is 4.95. The van der Waals surface area contributed by atoms with Crippen molar-refractivity contribution in [2.24, 2.45) is 0 Å². The fraction of sp³-hybridized carbons (Fsp3) is 0.500. The molecule has 0 spiro atoms. The highest BCUT2D eigenvalue weighted by Crippen LogP contribution is 2.40. The number of carbonyl (C=O) groups is 1. The van der Waals surface area contributed by atoms with Crippen molar-refractivity contribution in [1.29, 1.82) is 0 Å². The van der Waals surface area contributed by atoms with E-state index in [-0.39, 0.29) is 5.91 Å². The molecule has 1 amide bonds. The predicted octanol–water partition coefficient (Wildman–Crippen LogP) is 3.07. The summed E-state index contributed by atoms with van der Waals surface area (Å²) in [5.74, 6) is 1.33. The molecule has 0 radical (unpaired) electrons. The zero-order valence-electron chi connectivity index (χ0n) is 9.86. The van der Waals surface area contributed by atoms with Gasteiger partial charge >= 0.3 is 0 Å². The number of benzene rings is 1. The van der Waals surface area contributed by atoms with Crippen LogP contribution >= 0.6 is 11.6 Å². The molecule has 0 heterocycles. The molecule has 2 atom stereocenters. The van der Waals surface area contributed by atoms with E-state index < -0.39 is 0 Å². The smallest absolute Gasteiger partial charge is 0.220 e. The summed E-state index contributed by atoms with van der Waals surface area (Å²) in [5.41, 5.74) is 1.33. The van der Waals surface area contributed by atoms with Gasteiger partial charge in [-0.15, -0.1) is 11.6 Å². The van der Waals surface area contributed by atoms with E-state index in [9.17, 15) is 4.79 Å². The molecule has 3 heteroatoms. The van der Waals surface area contributed by atoms with Crippen LogP contribution in [0.1, 0.15) is 37.2 Å². The Morgan fingerprint density at radius 2 is 2.06 bits per heavy atom. The molecule has 2 rings (SSSR count). The predicted molar refractivity (Wildman–Crippen MR) is 70.3 cm³/mol. The Morgan fingerprint density at radius 1 is 1.29 bits per heavy atom. The first-order valence-electron chi connectivity index (χ1n) is 6.21. The zero-order chi connectivity index (χ0) is 12.1. The summed E-state index contributed by atoms with van der Waals surface area (Å²) in [7, 11) is 0. The van der Waals surface area contributed by atoms with Crippen molar-refractivity contribution in [1.82, 2.24) is 5.32 Å². The lowest BCUT2D eigenvalue weighted by Gasteiger charge is -2.04. The van der Waals surface area contributed by atoms with Crippen LogP contribution in [-0.4, -0.2) is 17.8 Å². The van der Waals surface area contributed by atoms with Gasteiger partial charge in [-0.05, 0) is 24.8 Å². The average molecular weight is 252 g/mol. The molecular weight excluding hydrogens is 234 g/mol. The van der Waals surface area contributed by atoms with Gasteiger partial charge in [0, 0.05) is 24.3 Å². The molecule has 1 N–H and O–H groups in total. The minimum absolute atomic E-state index is 0.165. The van der Waals surface area contributed by atoms with E-state index in [0.717, 1.165) is 19.3 Å². The topological polar surface area (TPSA) is 29.1 Å². The Hall–Kier alpha value is -1.02. The Morgan fingerprint density at radius 3 is 2.76 bits per heavy atom.